The summed E-state index contributed by atoms with van der Waals surface area (Å²) in [6, 6.07) is 1.68. The van der Waals surface area contributed by atoms with Crippen molar-refractivity contribution in [3.63, 3.8) is 0 Å². The number of rotatable bonds is 4. The molecule has 0 aliphatic carbocycles. The number of piperidine rings is 1. The van der Waals surface area contributed by atoms with Crippen LogP contribution < -0.4 is 0 Å². The van der Waals surface area contributed by atoms with E-state index in [0.29, 0.717) is 6.54 Å². The number of carboxylic acid groups (broad SMARTS) is 1. The molecule has 0 amide bonds. The first-order valence-electron chi connectivity index (χ1n) is 7.09. The van der Waals surface area contributed by atoms with Crippen molar-refractivity contribution >= 4 is 28.6 Å². The van der Waals surface area contributed by atoms with E-state index in [-0.39, 0.29) is 12.0 Å². The molecule has 3 rings (SSSR count). The van der Waals surface area contributed by atoms with Crippen LogP contribution in [0.1, 0.15) is 25.5 Å². The Kier molecular flexibility index (Phi) is 4.37. The van der Waals surface area contributed by atoms with Gasteiger partial charge in [-0.2, -0.15) is 11.3 Å². The monoisotopic (exact) mass is 322 g/mol. The Morgan fingerprint density at radius 3 is 3.10 bits per heavy atom. The predicted molar refractivity (Wildman–Crippen MR) is 85.7 cm³/mol. The first-order chi connectivity index (χ1) is 10.1. The molecule has 1 N–H and O–H groups in total. The molecule has 2 aromatic rings. The Morgan fingerprint density at radius 1 is 1.52 bits per heavy atom. The Balaban J connectivity index is 1.75. The van der Waals surface area contributed by atoms with E-state index in [2.05, 4.69) is 21.3 Å². The number of thiophene rings is 1. The molecular weight excluding hydrogens is 304 g/mol. The minimum Gasteiger partial charge on any atom is -0.480 e. The summed E-state index contributed by atoms with van der Waals surface area (Å²) >= 11 is 3.29. The molecule has 0 bridgehead atoms. The van der Waals surface area contributed by atoms with Crippen LogP contribution in [0, 0.1) is 5.92 Å². The highest BCUT2D eigenvalue weighted by Gasteiger charge is 2.34. The van der Waals surface area contributed by atoms with Gasteiger partial charge in [-0.1, -0.05) is 6.92 Å². The zero-order chi connectivity index (χ0) is 14.8. The molecule has 2 atom stereocenters. The van der Waals surface area contributed by atoms with Crippen LogP contribution in [-0.4, -0.2) is 33.5 Å². The molecule has 1 aliphatic rings. The Morgan fingerprint density at radius 2 is 2.38 bits per heavy atom. The average Bonchev–Trinajstić information content (AvgIpc) is 3.08. The van der Waals surface area contributed by atoms with Gasteiger partial charge >= 0.3 is 5.97 Å². The van der Waals surface area contributed by atoms with Gasteiger partial charge in [-0.3, -0.25) is 9.69 Å². The number of likely N-dealkylation sites (tertiary alicyclic amines) is 1. The molecule has 1 saturated heterocycles. The third-order valence-corrected chi connectivity index (χ3v) is 5.60. The van der Waals surface area contributed by atoms with Crippen molar-refractivity contribution < 1.29 is 9.90 Å². The molecule has 2 unspecified atom stereocenters. The molecule has 6 heteroatoms. The van der Waals surface area contributed by atoms with Crippen LogP contribution in [0.25, 0.3) is 10.6 Å². The summed E-state index contributed by atoms with van der Waals surface area (Å²) < 4.78 is 0. The van der Waals surface area contributed by atoms with E-state index < -0.39 is 5.97 Å². The van der Waals surface area contributed by atoms with Crippen LogP contribution >= 0.6 is 22.7 Å². The van der Waals surface area contributed by atoms with Crippen molar-refractivity contribution in [3.05, 3.63) is 27.9 Å². The SMILES string of the molecule is CC1CCCN(Cc2csc(-c3ccsc3)n2)C1C(=O)O. The lowest BCUT2D eigenvalue weighted by Crippen LogP contribution is -2.48. The van der Waals surface area contributed by atoms with E-state index in [1.807, 2.05) is 17.7 Å². The summed E-state index contributed by atoms with van der Waals surface area (Å²) in [6.45, 7) is 3.50. The molecular formula is C15H18N2O2S2. The molecule has 0 radical (unpaired) electrons. The highest BCUT2D eigenvalue weighted by Crippen LogP contribution is 2.28. The molecule has 2 aromatic heterocycles. The minimum absolute atomic E-state index is 0.200. The molecule has 0 saturated carbocycles. The van der Waals surface area contributed by atoms with Crippen LogP contribution in [0.15, 0.2) is 22.2 Å². The number of hydrogen-bond donors (Lipinski definition) is 1. The number of aliphatic carboxylic acids is 1. The van der Waals surface area contributed by atoms with Gasteiger partial charge in [-0.05, 0) is 36.8 Å². The molecule has 1 fully saturated rings. The molecule has 0 spiro atoms. The van der Waals surface area contributed by atoms with Crippen LogP contribution in [0.2, 0.25) is 0 Å². The van der Waals surface area contributed by atoms with Crippen molar-refractivity contribution in [2.24, 2.45) is 5.92 Å². The fraction of sp³-hybridized carbons (Fsp3) is 0.467. The first kappa shape index (κ1) is 14.7. The van der Waals surface area contributed by atoms with Gasteiger partial charge in [0.2, 0.25) is 0 Å². The largest absolute Gasteiger partial charge is 0.480 e. The third kappa shape index (κ3) is 3.17. The summed E-state index contributed by atoms with van der Waals surface area (Å²) in [5, 5.41) is 16.7. The van der Waals surface area contributed by atoms with E-state index >= 15 is 0 Å². The fourth-order valence-electron chi connectivity index (χ4n) is 2.96. The lowest BCUT2D eigenvalue weighted by atomic mass is 9.91. The van der Waals surface area contributed by atoms with Crippen molar-refractivity contribution in [2.75, 3.05) is 6.54 Å². The Labute approximate surface area is 132 Å². The average molecular weight is 322 g/mol. The second-order valence-corrected chi connectivity index (χ2v) is 7.17. The van der Waals surface area contributed by atoms with E-state index in [4.69, 9.17) is 0 Å². The quantitative estimate of drug-likeness (QED) is 0.935. The number of nitrogens with zero attached hydrogens (tertiary/aromatic N) is 2. The minimum atomic E-state index is -0.713. The van der Waals surface area contributed by atoms with Crippen LogP contribution in [0.3, 0.4) is 0 Å². The number of thiazole rings is 1. The molecule has 3 heterocycles. The normalized spacial score (nSPS) is 23.3. The van der Waals surface area contributed by atoms with E-state index in [9.17, 15) is 9.90 Å². The Hall–Kier alpha value is -1.24. The van der Waals surface area contributed by atoms with E-state index in [1.165, 1.54) is 0 Å². The van der Waals surface area contributed by atoms with Crippen molar-refractivity contribution in [1.82, 2.24) is 9.88 Å². The Bertz CT molecular complexity index is 609. The van der Waals surface area contributed by atoms with Crippen LogP contribution in [0.5, 0.6) is 0 Å². The summed E-state index contributed by atoms with van der Waals surface area (Å²) in [7, 11) is 0. The first-order valence-corrected chi connectivity index (χ1v) is 8.91. The number of aromatic nitrogens is 1. The highest BCUT2D eigenvalue weighted by atomic mass is 32.1. The summed E-state index contributed by atoms with van der Waals surface area (Å²) in [6.07, 6.45) is 2.05. The molecule has 21 heavy (non-hydrogen) atoms. The maximum Gasteiger partial charge on any atom is 0.321 e. The lowest BCUT2D eigenvalue weighted by molar-refractivity contribution is -0.147. The molecule has 1 aliphatic heterocycles. The highest BCUT2D eigenvalue weighted by molar-refractivity contribution is 7.14. The van der Waals surface area contributed by atoms with Crippen LogP contribution in [-0.2, 0) is 11.3 Å². The van der Waals surface area contributed by atoms with Gasteiger partial charge in [-0.25, -0.2) is 4.98 Å². The second-order valence-electron chi connectivity index (χ2n) is 5.53. The summed E-state index contributed by atoms with van der Waals surface area (Å²) in [4.78, 5) is 18.2. The van der Waals surface area contributed by atoms with Gasteiger partial charge in [-0.15, -0.1) is 11.3 Å². The topological polar surface area (TPSA) is 53.4 Å². The lowest BCUT2D eigenvalue weighted by Gasteiger charge is -2.36. The zero-order valence-corrected chi connectivity index (χ0v) is 13.5. The van der Waals surface area contributed by atoms with Crippen molar-refractivity contribution in [2.45, 2.75) is 32.4 Å². The van der Waals surface area contributed by atoms with E-state index in [1.54, 1.807) is 22.7 Å². The fourth-order valence-corrected chi connectivity index (χ4v) is 4.48. The number of carbonyl (C=O) groups is 1. The summed E-state index contributed by atoms with van der Waals surface area (Å²) in [5.74, 6) is -0.512. The predicted octanol–water partition coefficient (Wildman–Crippen LogP) is 3.56. The van der Waals surface area contributed by atoms with Crippen molar-refractivity contribution in [3.8, 4) is 10.6 Å². The number of hydrogen-bond acceptors (Lipinski definition) is 5. The molecule has 112 valence electrons. The third-order valence-electron chi connectivity index (χ3n) is 3.98. The van der Waals surface area contributed by atoms with Gasteiger partial charge in [0.1, 0.15) is 11.0 Å². The maximum absolute atomic E-state index is 11.5. The standard InChI is InChI=1S/C15H18N2O2S2/c1-10-3-2-5-17(13(10)15(18)19)7-12-9-21-14(16-12)11-4-6-20-8-11/h4,6,8-10,13H,2-3,5,7H2,1H3,(H,18,19). The van der Waals surface area contributed by atoms with Gasteiger partial charge < -0.3 is 5.11 Å². The second kappa shape index (κ2) is 6.25. The number of carboxylic acids is 1. The molecule has 4 nitrogen and oxygen atoms in total. The van der Waals surface area contributed by atoms with Crippen molar-refractivity contribution in [1.29, 1.82) is 0 Å². The zero-order valence-electron chi connectivity index (χ0n) is 11.9. The van der Waals surface area contributed by atoms with Gasteiger partial charge in [0.25, 0.3) is 0 Å². The van der Waals surface area contributed by atoms with E-state index in [0.717, 1.165) is 35.7 Å². The van der Waals surface area contributed by atoms with Crippen LogP contribution in [0.4, 0.5) is 0 Å². The smallest absolute Gasteiger partial charge is 0.321 e. The van der Waals surface area contributed by atoms with Gasteiger partial charge in [0.15, 0.2) is 0 Å². The summed E-state index contributed by atoms with van der Waals surface area (Å²) in [5.41, 5.74) is 2.12. The maximum atomic E-state index is 11.5. The van der Waals surface area contributed by atoms with Gasteiger partial charge in [0.05, 0.1) is 5.69 Å². The molecule has 0 aromatic carbocycles. The van der Waals surface area contributed by atoms with Gasteiger partial charge in [0, 0.05) is 22.9 Å².